The molecule has 1 aromatic rings. The predicted molar refractivity (Wildman–Crippen MR) is 72.0 cm³/mol. The predicted octanol–water partition coefficient (Wildman–Crippen LogP) is 0.982. The third-order valence-electron chi connectivity index (χ3n) is 2.56. The fourth-order valence-corrected chi connectivity index (χ4v) is 2.06. The van der Waals surface area contributed by atoms with Gasteiger partial charge < -0.3 is 10.4 Å². The number of rotatable bonds is 7. The number of phenols is 1. The molecule has 0 fully saturated rings. The highest BCUT2D eigenvalue weighted by Gasteiger charge is 2.04. The number of hydrogen-bond acceptors (Lipinski definition) is 4. The summed E-state index contributed by atoms with van der Waals surface area (Å²) in [5, 5.41) is 12.5. The van der Waals surface area contributed by atoms with Gasteiger partial charge in [-0.1, -0.05) is 12.1 Å². The summed E-state index contributed by atoms with van der Waals surface area (Å²) in [5.41, 5.74) is 1.09. The van der Waals surface area contributed by atoms with Gasteiger partial charge in [-0.05, 0) is 37.6 Å². The van der Waals surface area contributed by atoms with Crippen molar-refractivity contribution in [1.29, 1.82) is 0 Å². The zero-order valence-electron chi connectivity index (χ0n) is 10.7. The van der Waals surface area contributed by atoms with Crippen molar-refractivity contribution in [3.8, 4) is 5.75 Å². The third-order valence-corrected chi connectivity index (χ3v) is 3.29. The fourth-order valence-electron chi connectivity index (χ4n) is 1.55. The number of nitrogens with one attached hydrogen (secondary N) is 2. The van der Waals surface area contributed by atoms with Crippen LogP contribution in [0.25, 0.3) is 0 Å². The maximum absolute atomic E-state index is 10.8. The van der Waals surface area contributed by atoms with Gasteiger partial charge in [0.25, 0.3) is 0 Å². The zero-order valence-corrected chi connectivity index (χ0v) is 11.5. The fraction of sp³-hybridized carbons (Fsp3) is 0.500. The van der Waals surface area contributed by atoms with Crippen molar-refractivity contribution in [3.05, 3.63) is 29.8 Å². The number of aromatic hydroxyl groups is 1. The van der Waals surface area contributed by atoms with Crippen molar-refractivity contribution in [1.82, 2.24) is 10.0 Å². The van der Waals surface area contributed by atoms with Gasteiger partial charge in [0.15, 0.2) is 0 Å². The Labute approximate surface area is 108 Å². The molecule has 0 spiro atoms. The van der Waals surface area contributed by atoms with Crippen LogP contribution >= 0.6 is 0 Å². The molecule has 1 rings (SSSR count). The number of hydrogen-bond donors (Lipinski definition) is 3. The SMILES string of the molecule is CC(NCCCNS(C)(=O)=O)c1ccc(O)cc1. The lowest BCUT2D eigenvalue weighted by Gasteiger charge is -2.14. The molecule has 0 bridgehead atoms. The molecule has 18 heavy (non-hydrogen) atoms. The molecular formula is C12H20N2O3S. The molecule has 0 aliphatic heterocycles. The van der Waals surface area contributed by atoms with Crippen LogP contribution in [0.3, 0.4) is 0 Å². The van der Waals surface area contributed by atoms with Crippen LogP contribution in [0, 0.1) is 0 Å². The Hall–Kier alpha value is -1.11. The molecule has 1 unspecified atom stereocenters. The van der Waals surface area contributed by atoms with Crippen LogP contribution in [0.4, 0.5) is 0 Å². The van der Waals surface area contributed by atoms with Gasteiger partial charge in [-0.3, -0.25) is 0 Å². The van der Waals surface area contributed by atoms with E-state index in [4.69, 9.17) is 0 Å². The average Bonchev–Trinajstić information content (AvgIpc) is 2.27. The number of phenolic OH excluding ortho intramolecular Hbond substituents is 1. The first-order chi connectivity index (χ1) is 8.38. The molecule has 5 nitrogen and oxygen atoms in total. The molecular weight excluding hydrogens is 252 g/mol. The van der Waals surface area contributed by atoms with Gasteiger partial charge >= 0.3 is 0 Å². The minimum Gasteiger partial charge on any atom is -0.508 e. The van der Waals surface area contributed by atoms with Gasteiger partial charge in [0.2, 0.25) is 10.0 Å². The average molecular weight is 272 g/mol. The van der Waals surface area contributed by atoms with Crippen molar-refractivity contribution in [2.75, 3.05) is 19.3 Å². The second kappa shape index (κ2) is 6.72. The zero-order chi connectivity index (χ0) is 13.6. The summed E-state index contributed by atoms with van der Waals surface area (Å²) in [4.78, 5) is 0. The first-order valence-electron chi connectivity index (χ1n) is 5.85. The Balaban J connectivity index is 2.25. The lowest BCUT2D eigenvalue weighted by molar-refractivity contribution is 0.474. The van der Waals surface area contributed by atoms with Crippen LogP contribution < -0.4 is 10.0 Å². The standard InChI is InChI=1S/C12H20N2O3S/c1-10(11-4-6-12(15)7-5-11)13-8-3-9-14-18(2,16)17/h4-7,10,13-15H,3,8-9H2,1-2H3. The number of sulfonamides is 1. The molecule has 3 N–H and O–H groups in total. The topological polar surface area (TPSA) is 78.4 Å². The van der Waals surface area contributed by atoms with E-state index in [1.165, 1.54) is 0 Å². The van der Waals surface area contributed by atoms with E-state index < -0.39 is 10.0 Å². The molecule has 0 saturated carbocycles. The van der Waals surface area contributed by atoms with E-state index in [-0.39, 0.29) is 11.8 Å². The van der Waals surface area contributed by atoms with E-state index in [0.29, 0.717) is 6.54 Å². The van der Waals surface area contributed by atoms with Gasteiger partial charge in [0.1, 0.15) is 5.75 Å². The van der Waals surface area contributed by atoms with Crippen molar-refractivity contribution < 1.29 is 13.5 Å². The molecule has 0 saturated heterocycles. The van der Waals surface area contributed by atoms with Crippen LogP contribution in [-0.2, 0) is 10.0 Å². The van der Waals surface area contributed by atoms with E-state index in [1.807, 2.05) is 19.1 Å². The van der Waals surface area contributed by atoms with E-state index in [1.54, 1.807) is 12.1 Å². The minimum atomic E-state index is -3.09. The van der Waals surface area contributed by atoms with Crippen molar-refractivity contribution >= 4 is 10.0 Å². The Bertz CT molecular complexity index is 457. The highest BCUT2D eigenvalue weighted by Crippen LogP contribution is 2.15. The largest absolute Gasteiger partial charge is 0.508 e. The highest BCUT2D eigenvalue weighted by atomic mass is 32.2. The van der Waals surface area contributed by atoms with E-state index in [0.717, 1.165) is 24.8 Å². The summed E-state index contributed by atoms with van der Waals surface area (Å²) < 4.78 is 24.1. The summed E-state index contributed by atoms with van der Waals surface area (Å²) in [7, 11) is -3.09. The highest BCUT2D eigenvalue weighted by molar-refractivity contribution is 7.88. The van der Waals surface area contributed by atoms with E-state index in [9.17, 15) is 13.5 Å². The molecule has 102 valence electrons. The quantitative estimate of drug-likeness (QED) is 0.647. The second-order valence-corrected chi connectivity index (χ2v) is 6.12. The molecule has 0 radical (unpaired) electrons. The monoisotopic (exact) mass is 272 g/mol. The lowest BCUT2D eigenvalue weighted by Crippen LogP contribution is -2.27. The maximum atomic E-state index is 10.8. The van der Waals surface area contributed by atoms with E-state index >= 15 is 0 Å². The first kappa shape index (κ1) is 14.9. The molecule has 1 atom stereocenters. The molecule has 0 heterocycles. The van der Waals surface area contributed by atoms with Crippen molar-refractivity contribution in [2.24, 2.45) is 0 Å². The van der Waals surface area contributed by atoms with Gasteiger partial charge in [-0.25, -0.2) is 13.1 Å². The lowest BCUT2D eigenvalue weighted by atomic mass is 10.1. The second-order valence-electron chi connectivity index (χ2n) is 4.29. The molecule has 0 amide bonds. The third kappa shape index (κ3) is 6.00. The minimum absolute atomic E-state index is 0.170. The Morgan fingerprint density at radius 3 is 2.39 bits per heavy atom. The molecule has 6 heteroatoms. The first-order valence-corrected chi connectivity index (χ1v) is 7.74. The van der Waals surface area contributed by atoms with Crippen LogP contribution in [0.1, 0.15) is 24.9 Å². The van der Waals surface area contributed by atoms with Gasteiger partial charge in [0, 0.05) is 12.6 Å². The van der Waals surface area contributed by atoms with Crippen molar-refractivity contribution in [2.45, 2.75) is 19.4 Å². The molecule has 0 aliphatic rings. The normalized spacial score (nSPS) is 13.4. The Morgan fingerprint density at radius 1 is 1.22 bits per heavy atom. The summed E-state index contributed by atoms with van der Waals surface area (Å²) in [6.45, 7) is 3.19. The van der Waals surface area contributed by atoms with Crippen LogP contribution in [0.2, 0.25) is 0 Å². The van der Waals surface area contributed by atoms with Crippen molar-refractivity contribution in [3.63, 3.8) is 0 Å². The summed E-state index contributed by atoms with van der Waals surface area (Å²) in [6, 6.07) is 7.20. The molecule has 0 aliphatic carbocycles. The summed E-state index contributed by atoms with van der Waals surface area (Å²) in [6.07, 6.45) is 1.88. The summed E-state index contributed by atoms with van der Waals surface area (Å²) >= 11 is 0. The Morgan fingerprint density at radius 2 is 1.83 bits per heavy atom. The van der Waals surface area contributed by atoms with Crippen LogP contribution in [0.15, 0.2) is 24.3 Å². The van der Waals surface area contributed by atoms with Gasteiger partial charge in [0.05, 0.1) is 6.26 Å². The Kier molecular flexibility index (Phi) is 5.58. The smallest absolute Gasteiger partial charge is 0.208 e. The van der Waals surface area contributed by atoms with E-state index in [2.05, 4.69) is 10.0 Å². The summed E-state index contributed by atoms with van der Waals surface area (Å²) in [5.74, 6) is 0.253. The van der Waals surface area contributed by atoms with Gasteiger partial charge in [-0.2, -0.15) is 0 Å². The van der Waals surface area contributed by atoms with Crippen LogP contribution in [0.5, 0.6) is 5.75 Å². The van der Waals surface area contributed by atoms with Gasteiger partial charge in [-0.15, -0.1) is 0 Å². The number of benzene rings is 1. The maximum Gasteiger partial charge on any atom is 0.208 e. The molecule has 1 aromatic carbocycles. The molecule has 0 aromatic heterocycles. The van der Waals surface area contributed by atoms with Crippen LogP contribution in [-0.4, -0.2) is 32.9 Å².